The minimum Gasteiger partial charge on any atom is -0.324 e. The molecule has 0 spiro atoms. The van der Waals surface area contributed by atoms with Gasteiger partial charge in [-0.3, -0.25) is 0 Å². The number of unbranched alkanes of at least 4 members (excludes halogenated alkanes) is 3. The van der Waals surface area contributed by atoms with Gasteiger partial charge in [-0.2, -0.15) is 0 Å². The van der Waals surface area contributed by atoms with Gasteiger partial charge in [-0.1, -0.05) is 44.2 Å². The first-order chi connectivity index (χ1) is 7.65. The van der Waals surface area contributed by atoms with Gasteiger partial charge in [0.2, 0.25) is 0 Å². The van der Waals surface area contributed by atoms with Crippen LogP contribution < -0.4 is 5.73 Å². The Morgan fingerprint density at radius 3 is 2.75 bits per heavy atom. The molecule has 0 saturated heterocycles. The zero-order valence-electron chi connectivity index (χ0n) is 9.68. The van der Waals surface area contributed by atoms with Gasteiger partial charge in [-0.25, -0.2) is 0 Å². The van der Waals surface area contributed by atoms with Gasteiger partial charge in [-0.15, -0.1) is 0 Å². The van der Waals surface area contributed by atoms with Crippen molar-refractivity contribution in [1.82, 2.24) is 0 Å². The molecule has 0 fully saturated rings. The molecule has 1 atom stereocenters. The van der Waals surface area contributed by atoms with Crippen LogP contribution in [0.15, 0.2) is 18.2 Å². The summed E-state index contributed by atoms with van der Waals surface area (Å²) in [6.45, 7) is 2.22. The normalized spacial score (nSPS) is 12.8. The number of nitrogens with two attached hydrogens (primary N) is 1. The van der Waals surface area contributed by atoms with E-state index in [-0.39, 0.29) is 6.04 Å². The number of benzene rings is 1. The van der Waals surface area contributed by atoms with Crippen LogP contribution in [0.25, 0.3) is 0 Å². The summed E-state index contributed by atoms with van der Waals surface area (Å²) in [6.07, 6.45) is 6.11. The molecule has 16 heavy (non-hydrogen) atoms. The van der Waals surface area contributed by atoms with Crippen LogP contribution in [0.1, 0.15) is 50.6 Å². The van der Waals surface area contributed by atoms with Crippen LogP contribution >= 0.6 is 34.2 Å². The zero-order chi connectivity index (χ0) is 12.0. The van der Waals surface area contributed by atoms with Crippen molar-refractivity contribution in [3.05, 3.63) is 32.4 Å². The molecule has 2 N–H and O–H groups in total. The summed E-state index contributed by atoms with van der Waals surface area (Å²) in [5, 5.41) is 0.777. The minimum absolute atomic E-state index is 0.127. The summed E-state index contributed by atoms with van der Waals surface area (Å²) in [5.41, 5.74) is 7.37. The summed E-state index contributed by atoms with van der Waals surface area (Å²) >= 11 is 8.31. The Bertz CT molecular complexity index is 328. The molecule has 1 aromatic rings. The molecule has 0 saturated carbocycles. The summed E-state index contributed by atoms with van der Waals surface area (Å²) in [4.78, 5) is 0. The van der Waals surface area contributed by atoms with Crippen molar-refractivity contribution in [3.63, 3.8) is 0 Å². The Hall–Kier alpha value is 0.200. The highest BCUT2D eigenvalue weighted by Crippen LogP contribution is 2.25. The summed E-state index contributed by atoms with van der Waals surface area (Å²) in [6, 6.07) is 6.07. The average molecular weight is 352 g/mol. The third-order valence-electron chi connectivity index (χ3n) is 2.73. The zero-order valence-corrected chi connectivity index (χ0v) is 12.6. The van der Waals surface area contributed by atoms with Crippen molar-refractivity contribution in [2.45, 2.75) is 45.1 Å². The number of halogens is 2. The lowest BCUT2D eigenvalue weighted by atomic mass is 10.0. The van der Waals surface area contributed by atoms with Gasteiger partial charge in [0.05, 0.1) is 0 Å². The van der Waals surface area contributed by atoms with Gasteiger partial charge in [0.1, 0.15) is 0 Å². The Morgan fingerprint density at radius 1 is 1.31 bits per heavy atom. The highest BCUT2D eigenvalue weighted by atomic mass is 127. The fraction of sp³-hybridized carbons (Fsp3) is 0.538. The van der Waals surface area contributed by atoms with E-state index in [9.17, 15) is 0 Å². The SMILES string of the molecule is CCCCCCC(N)c1cc(Cl)ccc1I. The molecule has 0 amide bonds. The molecule has 0 bridgehead atoms. The van der Waals surface area contributed by atoms with Crippen LogP contribution in [-0.2, 0) is 0 Å². The number of rotatable bonds is 6. The molecule has 0 heterocycles. The van der Waals surface area contributed by atoms with Crippen molar-refractivity contribution in [2.75, 3.05) is 0 Å². The third-order valence-corrected chi connectivity index (χ3v) is 3.94. The second-order valence-corrected chi connectivity index (χ2v) is 5.72. The maximum Gasteiger partial charge on any atom is 0.0410 e. The van der Waals surface area contributed by atoms with Crippen LogP contribution in [0.3, 0.4) is 0 Å². The molecule has 0 aliphatic rings. The first-order valence-electron chi connectivity index (χ1n) is 5.85. The Balaban J connectivity index is 2.51. The second-order valence-electron chi connectivity index (χ2n) is 4.12. The predicted molar refractivity (Wildman–Crippen MR) is 79.9 cm³/mol. The molecule has 0 aliphatic carbocycles. The van der Waals surface area contributed by atoms with E-state index in [1.165, 1.54) is 34.8 Å². The molecule has 0 radical (unpaired) electrons. The molecule has 1 nitrogen and oxygen atoms in total. The van der Waals surface area contributed by atoms with Gasteiger partial charge in [0, 0.05) is 14.6 Å². The Kier molecular flexibility index (Phi) is 6.70. The van der Waals surface area contributed by atoms with Crippen molar-refractivity contribution in [2.24, 2.45) is 5.73 Å². The van der Waals surface area contributed by atoms with Gasteiger partial charge in [-0.05, 0) is 52.8 Å². The average Bonchev–Trinajstić information content (AvgIpc) is 2.27. The van der Waals surface area contributed by atoms with E-state index < -0.39 is 0 Å². The van der Waals surface area contributed by atoms with Gasteiger partial charge in [0.15, 0.2) is 0 Å². The maximum atomic E-state index is 6.18. The molecule has 1 aromatic carbocycles. The lowest BCUT2D eigenvalue weighted by Gasteiger charge is -2.14. The van der Waals surface area contributed by atoms with Crippen LogP contribution in [0.5, 0.6) is 0 Å². The minimum atomic E-state index is 0.127. The maximum absolute atomic E-state index is 6.18. The lowest BCUT2D eigenvalue weighted by Crippen LogP contribution is -2.11. The van der Waals surface area contributed by atoms with Crippen molar-refractivity contribution < 1.29 is 0 Å². The van der Waals surface area contributed by atoms with E-state index in [1.807, 2.05) is 18.2 Å². The first kappa shape index (κ1) is 14.3. The van der Waals surface area contributed by atoms with Crippen molar-refractivity contribution >= 4 is 34.2 Å². The molecule has 0 aliphatic heterocycles. The molecule has 1 rings (SSSR count). The molecule has 90 valence electrons. The molecule has 0 aromatic heterocycles. The molecular weight excluding hydrogens is 333 g/mol. The summed E-state index contributed by atoms with van der Waals surface area (Å²) < 4.78 is 1.21. The molecule has 1 unspecified atom stereocenters. The summed E-state index contributed by atoms with van der Waals surface area (Å²) in [5.74, 6) is 0. The highest BCUT2D eigenvalue weighted by Gasteiger charge is 2.09. The Labute approximate surface area is 117 Å². The van der Waals surface area contributed by atoms with E-state index in [0.717, 1.165) is 11.4 Å². The second kappa shape index (κ2) is 7.51. The fourth-order valence-corrected chi connectivity index (χ4v) is 2.66. The van der Waals surface area contributed by atoms with E-state index >= 15 is 0 Å². The number of hydrogen-bond acceptors (Lipinski definition) is 1. The van der Waals surface area contributed by atoms with Crippen molar-refractivity contribution in [3.8, 4) is 0 Å². The van der Waals surface area contributed by atoms with Crippen LogP contribution in [0, 0.1) is 3.57 Å². The first-order valence-corrected chi connectivity index (χ1v) is 7.31. The van der Waals surface area contributed by atoms with Crippen molar-refractivity contribution in [1.29, 1.82) is 0 Å². The standard InChI is InChI=1S/C13H19ClIN/c1-2-3-4-5-6-13(16)11-9-10(14)7-8-12(11)15/h7-9,13H,2-6,16H2,1H3. The summed E-state index contributed by atoms with van der Waals surface area (Å²) in [7, 11) is 0. The Morgan fingerprint density at radius 2 is 2.06 bits per heavy atom. The topological polar surface area (TPSA) is 26.0 Å². The predicted octanol–water partition coefficient (Wildman–Crippen LogP) is 4.91. The third kappa shape index (κ3) is 4.60. The quantitative estimate of drug-likeness (QED) is 0.571. The lowest BCUT2D eigenvalue weighted by molar-refractivity contribution is 0.565. The van der Waals surface area contributed by atoms with E-state index in [2.05, 4.69) is 29.5 Å². The number of hydrogen-bond donors (Lipinski definition) is 1. The van der Waals surface area contributed by atoms with Gasteiger partial charge in [0.25, 0.3) is 0 Å². The van der Waals surface area contributed by atoms with Crippen LogP contribution in [-0.4, -0.2) is 0 Å². The van der Waals surface area contributed by atoms with Crippen LogP contribution in [0.2, 0.25) is 5.02 Å². The smallest absolute Gasteiger partial charge is 0.0410 e. The van der Waals surface area contributed by atoms with E-state index in [1.54, 1.807) is 0 Å². The molecular formula is C13H19ClIN. The molecule has 3 heteroatoms. The van der Waals surface area contributed by atoms with E-state index in [4.69, 9.17) is 17.3 Å². The largest absolute Gasteiger partial charge is 0.324 e. The van der Waals surface area contributed by atoms with Gasteiger partial charge < -0.3 is 5.73 Å². The van der Waals surface area contributed by atoms with Crippen LogP contribution in [0.4, 0.5) is 0 Å². The monoisotopic (exact) mass is 351 g/mol. The van der Waals surface area contributed by atoms with E-state index in [0.29, 0.717) is 0 Å². The fourth-order valence-electron chi connectivity index (χ4n) is 1.75. The highest BCUT2D eigenvalue weighted by molar-refractivity contribution is 14.1. The van der Waals surface area contributed by atoms with Gasteiger partial charge >= 0.3 is 0 Å².